The van der Waals surface area contributed by atoms with Crippen molar-refractivity contribution >= 4 is 44.6 Å². The van der Waals surface area contributed by atoms with Crippen molar-refractivity contribution in [1.29, 1.82) is 0 Å². The molecule has 0 saturated carbocycles. The molecule has 21 heavy (non-hydrogen) atoms. The van der Waals surface area contributed by atoms with Crippen LogP contribution in [0.15, 0.2) is 18.2 Å². The van der Waals surface area contributed by atoms with Crippen molar-refractivity contribution in [3.05, 3.63) is 28.1 Å². The number of hydrogen-bond acceptors (Lipinski definition) is 3. The van der Waals surface area contributed by atoms with Crippen LogP contribution in [-0.4, -0.2) is 11.4 Å². The van der Waals surface area contributed by atoms with Crippen LogP contribution in [0.1, 0.15) is 49.7 Å². The molecule has 0 unspecified atom stereocenters. The summed E-state index contributed by atoms with van der Waals surface area (Å²) in [6.45, 7) is 6.30. The van der Waals surface area contributed by atoms with Gasteiger partial charge in [0, 0.05) is 20.6 Å². The molecule has 1 amide bonds. The number of thiophene rings is 1. The maximum absolute atomic E-state index is 12.6. The Labute approximate surface area is 134 Å². The maximum atomic E-state index is 12.6. The second kappa shape index (κ2) is 6.24. The van der Waals surface area contributed by atoms with Gasteiger partial charge in [0.25, 0.3) is 5.91 Å². The number of benzene rings is 1. The quantitative estimate of drug-likeness (QED) is 0.827. The van der Waals surface area contributed by atoms with Gasteiger partial charge in [0.1, 0.15) is 4.88 Å². The van der Waals surface area contributed by atoms with Gasteiger partial charge in [-0.3, -0.25) is 4.79 Å². The fraction of sp³-hybridized carbons (Fsp3) is 0.438. The Kier molecular flexibility index (Phi) is 4.79. The molecule has 3 N–H and O–H groups in total. The topological polar surface area (TPSA) is 55.1 Å². The number of nitrogens with two attached hydrogens (primary N) is 1. The maximum Gasteiger partial charge on any atom is 0.263 e. The molecule has 2 aromatic rings. The van der Waals surface area contributed by atoms with Crippen molar-refractivity contribution < 1.29 is 4.79 Å². The van der Waals surface area contributed by atoms with Crippen LogP contribution in [-0.2, 0) is 0 Å². The third-order valence-corrected chi connectivity index (χ3v) is 5.72. The zero-order valence-corrected chi connectivity index (χ0v) is 14.2. The zero-order valence-electron chi connectivity index (χ0n) is 12.6. The molecule has 0 saturated heterocycles. The van der Waals surface area contributed by atoms with Gasteiger partial charge in [-0.2, -0.15) is 0 Å². The smallest absolute Gasteiger partial charge is 0.263 e. The van der Waals surface area contributed by atoms with E-state index < -0.39 is 0 Å². The van der Waals surface area contributed by atoms with Crippen molar-refractivity contribution in [3.8, 4) is 0 Å². The number of fused-ring (bicyclic) bond motifs is 1. The van der Waals surface area contributed by atoms with E-state index in [0.717, 1.165) is 29.3 Å². The Balaban J connectivity index is 2.38. The number of amides is 1. The summed E-state index contributed by atoms with van der Waals surface area (Å²) in [4.78, 5) is 13.2. The van der Waals surface area contributed by atoms with E-state index in [9.17, 15) is 4.79 Å². The van der Waals surface area contributed by atoms with Crippen LogP contribution in [0.4, 0.5) is 5.69 Å². The van der Waals surface area contributed by atoms with Gasteiger partial charge < -0.3 is 11.1 Å². The highest BCUT2D eigenvalue weighted by molar-refractivity contribution is 7.21. The highest BCUT2D eigenvalue weighted by atomic mass is 35.5. The predicted molar refractivity (Wildman–Crippen MR) is 92.3 cm³/mol. The summed E-state index contributed by atoms with van der Waals surface area (Å²) in [7, 11) is 0. The van der Waals surface area contributed by atoms with Crippen molar-refractivity contribution in [2.75, 3.05) is 5.73 Å². The van der Waals surface area contributed by atoms with E-state index in [-0.39, 0.29) is 11.4 Å². The van der Waals surface area contributed by atoms with Crippen LogP contribution in [0.5, 0.6) is 0 Å². The number of carbonyl (C=O) groups excluding carboxylic acids is 1. The molecule has 0 radical (unpaired) electrons. The van der Waals surface area contributed by atoms with Crippen molar-refractivity contribution in [2.45, 2.75) is 45.6 Å². The Bertz CT molecular complexity index is 653. The molecule has 0 aliphatic heterocycles. The first-order chi connectivity index (χ1) is 9.96. The van der Waals surface area contributed by atoms with Crippen molar-refractivity contribution in [1.82, 2.24) is 5.32 Å². The monoisotopic (exact) mass is 324 g/mol. The lowest BCUT2D eigenvalue weighted by Gasteiger charge is -2.31. The first-order valence-electron chi connectivity index (χ1n) is 7.26. The molecule has 1 aromatic heterocycles. The Morgan fingerprint density at radius 3 is 2.48 bits per heavy atom. The van der Waals surface area contributed by atoms with Crippen LogP contribution >= 0.6 is 22.9 Å². The van der Waals surface area contributed by atoms with E-state index in [1.54, 1.807) is 0 Å². The van der Waals surface area contributed by atoms with Gasteiger partial charge in [0.05, 0.1) is 5.69 Å². The number of nitrogens with one attached hydrogen (secondary N) is 1. The highest BCUT2D eigenvalue weighted by Gasteiger charge is 2.28. The Morgan fingerprint density at radius 2 is 1.90 bits per heavy atom. The number of halogens is 1. The van der Waals surface area contributed by atoms with Gasteiger partial charge in [0.15, 0.2) is 0 Å². The van der Waals surface area contributed by atoms with E-state index in [0.29, 0.717) is 15.6 Å². The van der Waals surface area contributed by atoms with Crippen LogP contribution < -0.4 is 11.1 Å². The molecule has 0 bridgehead atoms. The second-order valence-electron chi connectivity index (χ2n) is 5.28. The molecule has 3 nitrogen and oxygen atoms in total. The van der Waals surface area contributed by atoms with Gasteiger partial charge in [-0.15, -0.1) is 11.3 Å². The highest BCUT2D eigenvalue weighted by Crippen LogP contribution is 2.35. The SMILES string of the molecule is CCC(CC)(CC)NC(=O)c1sc2ccc(Cl)cc2c1N. The lowest BCUT2D eigenvalue weighted by atomic mass is 9.89. The van der Waals surface area contributed by atoms with Crippen molar-refractivity contribution in [2.24, 2.45) is 0 Å². The standard InChI is InChI=1S/C16H21ClN2OS/c1-4-16(5-2,6-3)19-15(20)14-13(18)11-9-10(17)7-8-12(11)21-14/h7-9H,4-6,18H2,1-3H3,(H,19,20). The molecule has 1 aromatic carbocycles. The average molecular weight is 325 g/mol. The van der Waals surface area contributed by atoms with E-state index in [1.165, 1.54) is 11.3 Å². The summed E-state index contributed by atoms with van der Waals surface area (Å²) >= 11 is 7.42. The summed E-state index contributed by atoms with van der Waals surface area (Å²) in [5.41, 5.74) is 6.51. The largest absolute Gasteiger partial charge is 0.397 e. The van der Waals surface area contributed by atoms with Crippen LogP contribution in [0.3, 0.4) is 0 Å². The van der Waals surface area contributed by atoms with E-state index >= 15 is 0 Å². The van der Waals surface area contributed by atoms with Gasteiger partial charge in [-0.1, -0.05) is 32.4 Å². The first kappa shape index (κ1) is 16.1. The average Bonchev–Trinajstić information content (AvgIpc) is 2.82. The van der Waals surface area contributed by atoms with Gasteiger partial charge >= 0.3 is 0 Å². The molecule has 0 spiro atoms. The fourth-order valence-electron chi connectivity index (χ4n) is 2.57. The molecule has 0 fully saturated rings. The fourth-order valence-corrected chi connectivity index (χ4v) is 3.74. The number of hydrogen-bond donors (Lipinski definition) is 2. The first-order valence-corrected chi connectivity index (χ1v) is 8.45. The number of anilines is 1. The minimum Gasteiger partial charge on any atom is -0.397 e. The Morgan fingerprint density at radius 1 is 1.29 bits per heavy atom. The molecule has 2 rings (SSSR count). The van der Waals surface area contributed by atoms with Crippen LogP contribution in [0.25, 0.3) is 10.1 Å². The molecule has 0 atom stereocenters. The summed E-state index contributed by atoms with van der Waals surface area (Å²) in [5.74, 6) is -0.0876. The second-order valence-corrected chi connectivity index (χ2v) is 6.77. The van der Waals surface area contributed by atoms with E-state index in [4.69, 9.17) is 17.3 Å². The number of nitrogen functional groups attached to an aromatic ring is 1. The molecule has 1 heterocycles. The van der Waals surface area contributed by atoms with E-state index in [1.807, 2.05) is 18.2 Å². The van der Waals surface area contributed by atoms with Crippen LogP contribution in [0.2, 0.25) is 5.02 Å². The third-order valence-electron chi connectivity index (χ3n) is 4.30. The molecule has 5 heteroatoms. The summed E-state index contributed by atoms with van der Waals surface area (Å²) in [5, 5.41) is 4.65. The summed E-state index contributed by atoms with van der Waals surface area (Å²) < 4.78 is 0.983. The van der Waals surface area contributed by atoms with Crippen LogP contribution in [0, 0.1) is 0 Å². The minimum absolute atomic E-state index is 0.0876. The lowest BCUT2D eigenvalue weighted by Crippen LogP contribution is -2.47. The molecular weight excluding hydrogens is 304 g/mol. The van der Waals surface area contributed by atoms with Gasteiger partial charge in [-0.05, 0) is 37.5 Å². The summed E-state index contributed by atoms with van der Waals surface area (Å²) in [6.07, 6.45) is 2.72. The number of carbonyl (C=O) groups is 1. The minimum atomic E-state index is -0.155. The third kappa shape index (κ3) is 3.01. The van der Waals surface area contributed by atoms with Gasteiger partial charge in [-0.25, -0.2) is 0 Å². The van der Waals surface area contributed by atoms with Gasteiger partial charge in [0.2, 0.25) is 0 Å². The number of rotatable bonds is 5. The molecule has 0 aliphatic carbocycles. The lowest BCUT2D eigenvalue weighted by molar-refractivity contribution is 0.0893. The molecule has 0 aliphatic rings. The van der Waals surface area contributed by atoms with Crippen molar-refractivity contribution in [3.63, 3.8) is 0 Å². The Hall–Kier alpha value is -1.26. The molecular formula is C16H21ClN2OS. The molecule has 114 valence electrons. The zero-order chi connectivity index (χ0) is 15.6. The summed E-state index contributed by atoms with van der Waals surface area (Å²) in [6, 6.07) is 5.53. The predicted octanol–water partition coefficient (Wildman–Crippen LogP) is 4.84. The normalized spacial score (nSPS) is 11.8. The van der Waals surface area contributed by atoms with E-state index in [2.05, 4.69) is 26.1 Å².